The monoisotopic (exact) mass is 269 g/mol. The third-order valence-corrected chi connectivity index (χ3v) is 3.14. The van der Waals surface area contributed by atoms with Crippen molar-refractivity contribution in [3.63, 3.8) is 0 Å². The number of aryl methyl sites for hydroxylation is 1. The van der Waals surface area contributed by atoms with E-state index in [0.29, 0.717) is 22.8 Å². The average Bonchev–Trinajstić information content (AvgIpc) is 2.87. The SMILES string of the molecule is Cc1cc(SNCCO)c(F)cc1-c1nn[nH]n1. The van der Waals surface area contributed by atoms with Gasteiger partial charge in [-0.15, -0.1) is 10.2 Å². The Labute approximate surface area is 107 Å². The Morgan fingerprint density at radius 2 is 2.33 bits per heavy atom. The lowest BCUT2D eigenvalue weighted by molar-refractivity contribution is 0.302. The number of H-pyrrole nitrogens is 1. The van der Waals surface area contributed by atoms with Crippen molar-refractivity contribution in [2.75, 3.05) is 13.2 Å². The summed E-state index contributed by atoms with van der Waals surface area (Å²) in [5.41, 5.74) is 1.46. The molecule has 2 aromatic rings. The minimum absolute atomic E-state index is 0.00848. The van der Waals surface area contributed by atoms with Crippen LogP contribution >= 0.6 is 11.9 Å². The zero-order valence-corrected chi connectivity index (χ0v) is 10.5. The van der Waals surface area contributed by atoms with Crippen molar-refractivity contribution in [1.82, 2.24) is 25.3 Å². The van der Waals surface area contributed by atoms with Gasteiger partial charge in [0.05, 0.1) is 11.5 Å². The molecule has 0 amide bonds. The molecule has 0 radical (unpaired) electrons. The number of nitrogens with zero attached hydrogens (tertiary/aromatic N) is 3. The van der Waals surface area contributed by atoms with Gasteiger partial charge < -0.3 is 5.11 Å². The highest BCUT2D eigenvalue weighted by atomic mass is 32.2. The summed E-state index contributed by atoms with van der Waals surface area (Å²) < 4.78 is 16.7. The van der Waals surface area contributed by atoms with E-state index in [9.17, 15) is 4.39 Å². The van der Waals surface area contributed by atoms with E-state index in [2.05, 4.69) is 25.3 Å². The standard InChI is InChI=1S/C10H12FN5OS/c1-6-4-9(18-12-2-3-17)8(11)5-7(6)10-13-15-16-14-10/h4-5,12,17H,2-3H2,1H3,(H,13,14,15,16). The van der Waals surface area contributed by atoms with Crippen LogP contribution < -0.4 is 4.72 Å². The maximum absolute atomic E-state index is 13.8. The molecule has 3 N–H and O–H groups in total. The highest BCUT2D eigenvalue weighted by molar-refractivity contribution is 7.97. The molecule has 6 nitrogen and oxygen atoms in total. The Morgan fingerprint density at radius 3 is 3.00 bits per heavy atom. The fraction of sp³-hybridized carbons (Fsp3) is 0.300. The van der Waals surface area contributed by atoms with E-state index in [1.54, 1.807) is 6.07 Å². The van der Waals surface area contributed by atoms with E-state index >= 15 is 0 Å². The molecule has 0 unspecified atom stereocenters. The molecule has 0 aliphatic carbocycles. The smallest absolute Gasteiger partial charge is 0.205 e. The van der Waals surface area contributed by atoms with Gasteiger partial charge in [-0.05, 0) is 41.8 Å². The van der Waals surface area contributed by atoms with Crippen LogP contribution in [0.5, 0.6) is 0 Å². The number of aromatic nitrogens is 4. The fourth-order valence-corrected chi connectivity index (χ4v) is 2.17. The van der Waals surface area contributed by atoms with Crippen molar-refractivity contribution in [2.24, 2.45) is 0 Å². The molecular weight excluding hydrogens is 257 g/mol. The lowest BCUT2D eigenvalue weighted by Crippen LogP contribution is -2.09. The Morgan fingerprint density at radius 1 is 1.50 bits per heavy atom. The van der Waals surface area contributed by atoms with Crippen molar-refractivity contribution in [3.8, 4) is 11.4 Å². The van der Waals surface area contributed by atoms with Crippen LogP contribution in [0.3, 0.4) is 0 Å². The highest BCUT2D eigenvalue weighted by Crippen LogP contribution is 2.27. The highest BCUT2D eigenvalue weighted by Gasteiger charge is 2.12. The van der Waals surface area contributed by atoms with Crippen molar-refractivity contribution in [3.05, 3.63) is 23.5 Å². The van der Waals surface area contributed by atoms with Crippen LogP contribution in [0.2, 0.25) is 0 Å². The average molecular weight is 269 g/mol. The predicted molar refractivity (Wildman–Crippen MR) is 65.3 cm³/mol. The second-order valence-electron chi connectivity index (χ2n) is 3.55. The Bertz CT molecular complexity index is 519. The molecular formula is C10H12FN5OS. The second kappa shape index (κ2) is 5.89. The number of nitrogens with one attached hydrogen (secondary N) is 2. The number of aliphatic hydroxyl groups is 1. The lowest BCUT2D eigenvalue weighted by atomic mass is 10.1. The van der Waals surface area contributed by atoms with Crippen molar-refractivity contribution in [1.29, 1.82) is 0 Å². The zero-order valence-electron chi connectivity index (χ0n) is 9.64. The molecule has 2 rings (SSSR count). The molecule has 0 aliphatic heterocycles. The van der Waals surface area contributed by atoms with Gasteiger partial charge in [0.15, 0.2) is 0 Å². The van der Waals surface area contributed by atoms with Gasteiger partial charge in [-0.25, -0.2) is 4.39 Å². The van der Waals surface area contributed by atoms with E-state index in [0.717, 1.165) is 17.5 Å². The summed E-state index contributed by atoms with van der Waals surface area (Å²) in [4.78, 5) is 0.466. The Hall–Kier alpha value is -1.51. The minimum Gasteiger partial charge on any atom is -0.395 e. The van der Waals surface area contributed by atoms with Gasteiger partial charge in [0, 0.05) is 12.1 Å². The van der Waals surface area contributed by atoms with Crippen LogP contribution in [0, 0.1) is 12.7 Å². The number of tetrazole rings is 1. The Kier molecular flexibility index (Phi) is 4.24. The summed E-state index contributed by atoms with van der Waals surface area (Å²) in [5.74, 6) is 0.00195. The molecule has 0 aliphatic rings. The van der Waals surface area contributed by atoms with Gasteiger partial charge in [0.25, 0.3) is 0 Å². The molecule has 0 fully saturated rings. The van der Waals surface area contributed by atoms with Gasteiger partial charge in [0.1, 0.15) is 5.82 Å². The first-order chi connectivity index (χ1) is 8.72. The van der Waals surface area contributed by atoms with Gasteiger partial charge in [-0.3, -0.25) is 4.72 Å². The molecule has 1 heterocycles. The van der Waals surface area contributed by atoms with Gasteiger partial charge in [-0.1, -0.05) is 0 Å². The number of hydrogen-bond acceptors (Lipinski definition) is 6. The third kappa shape index (κ3) is 2.84. The fourth-order valence-electron chi connectivity index (χ4n) is 1.42. The summed E-state index contributed by atoms with van der Waals surface area (Å²) in [6, 6.07) is 3.08. The number of hydrogen-bond donors (Lipinski definition) is 3. The zero-order chi connectivity index (χ0) is 13.0. The maximum Gasteiger partial charge on any atom is 0.205 e. The maximum atomic E-state index is 13.8. The van der Waals surface area contributed by atoms with Crippen molar-refractivity contribution in [2.45, 2.75) is 11.8 Å². The molecule has 0 bridgehead atoms. The first-order valence-electron chi connectivity index (χ1n) is 5.27. The van der Waals surface area contributed by atoms with E-state index < -0.39 is 0 Å². The molecule has 0 spiro atoms. The lowest BCUT2D eigenvalue weighted by Gasteiger charge is -2.07. The number of halogens is 1. The molecule has 0 atom stereocenters. The van der Waals surface area contributed by atoms with E-state index in [1.165, 1.54) is 6.07 Å². The number of rotatable bonds is 5. The molecule has 0 saturated carbocycles. The largest absolute Gasteiger partial charge is 0.395 e. The first-order valence-corrected chi connectivity index (χ1v) is 6.08. The first kappa shape index (κ1) is 12.9. The third-order valence-electron chi connectivity index (χ3n) is 2.26. The number of benzene rings is 1. The summed E-state index contributed by atoms with van der Waals surface area (Å²) in [7, 11) is 0. The van der Waals surface area contributed by atoms with Crippen molar-refractivity contribution >= 4 is 11.9 Å². The molecule has 1 aromatic carbocycles. The summed E-state index contributed by atoms with van der Waals surface area (Å²) in [5, 5.41) is 22.1. The summed E-state index contributed by atoms with van der Waals surface area (Å²) >= 11 is 1.14. The van der Waals surface area contributed by atoms with Crippen LogP contribution in [0.4, 0.5) is 4.39 Å². The van der Waals surface area contributed by atoms with Crippen LogP contribution in [0.1, 0.15) is 5.56 Å². The van der Waals surface area contributed by atoms with Crippen LogP contribution in [-0.4, -0.2) is 38.9 Å². The molecule has 18 heavy (non-hydrogen) atoms. The number of aliphatic hydroxyl groups excluding tert-OH is 1. The quantitative estimate of drug-likeness (QED) is 0.552. The number of aromatic amines is 1. The van der Waals surface area contributed by atoms with Crippen molar-refractivity contribution < 1.29 is 9.50 Å². The van der Waals surface area contributed by atoms with Crippen LogP contribution in [0.25, 0.3) is 11.4 Å². The van der Waals surface area contributed by atoms with Crippen LogP contribution in [-0.2, 0) is 0 Å². The predicted octanol–water partition coefficient (Wildman–Crippen LogP) is 0.903. The van der Waals surface area contributed by atoms with Gasteiger partial charge in [0.2, 0.25) is 5.82 Å². The molecule has 1 aromatic heterocycles. The van der Waals surface area contributed by atoms with Crippen LogP contribution in [0.15, 0.2) is 17.0 Å². The normalized spacial score (nSPS) is 10.8. The Balaban J connectivity index is 2.24. The van der Waals surface area contributed by atoms with Gasteiger partial charge in [-0.2, -0.15) is 5.21 Å². The van der Waals surface area contributed by atoms with E-state index in [-0.39, 0.29) is 12.4 Å². The molecule has 8 heteroatoms. The summed E-state index contributed by atoms with van der Waals surface area (Å²) in [6.45, 7) is 2.26. The van der Waals surface area contributed by atoms with E-state index in [4.69, 9.17) is 5.11 Å². The molecule has 0 saturated heterocycles. The second-order valence-corrected chi connectivity index (χ2v) is 4.49. The summed E-state index contributed by atoms with van der Waals surface area (Å²) in [6.07, 6.45) is 0. The molecule has 96 valence electrons. The van der Waals surface area contributed by atoms with E-state index in [1.807, 2.05) is 6.92 Å². The van der Waals surface area contributed by atoms with Gasteiger partial charge >= 0.3 is 0 Å². The minimum atomic E-state index is -0.365. The topological polar surface area (TPSA) is 86.7 Å².